The van der Waals surface area contributed by atoms with Crippen LogP contribution in [0.3, 0.4) is 0 Å². The van der Waals surface area contributed by atoms with Crippen molar-refractivity contribution in [2.24, 2.45) is 0 Å². The molecule has 0 unspecified atom stereocenters. The topological polar surface area (TPSA) is 64.6 Å². The molecule has 18 heavy (non-hydrogen) atoms. The molecule has 1 rings (SSSR count). The minimum atomic E-state index is -0.515. The van der Waals surface area contributed by atoms with Gasteiger partial charge in [0, 0.05) is 5.69 Å². The van der Waals surface area contributed by atoms with Crippen LogP contribution in [0.4, 0.5) is 10.5 Å². The maximum absolute atomic E-state index is 11.5. The van der Waals surface area contributed by atoms with Crippen molar-refractivity contribution in [1.29, 1.82) is 0 Å². The van der Waals surface area contributed by atoms with E-state index in [1.54, 1.807) is 31.2 Å². The summed E-state index contributed by atoms with van der Waals surface area (Å²) < 4.78 is 9.72. The molecule has 1 aromatic rings. The Balaban J connectivity index is 2.57. The highest BCUT2D eigenvalue weighted by Crippen LogP contribution is 2.11. The van der Waals surface area contributed by atoms with E-state index in [-0.39, 0.29) is 5.97 Å². The summed E-state index contributed by atoms with van der Waals surface area (Å²) in [6.07, 6.45) is 0.271. The van der Waals surface area contributed by atoms with Crippen LogP contribution >= 0.6 is 0 Å². The first-order chi connectivity index (χ1) is 8.67. The molecule has 0 atom stereocenters. The summed E-state index contributed by atoms with van der Waals surface area (Å²) >= 11 is 0. The van der Waals surface area contributed by atoms with Gasteiger partial charge in [-0.3, -0.25) is 5.32 Å². The SMILES string of the molecule is CCCOC(=O)c1ccc(NC(=O)OCC)cc1. The van der Waals surface area contributed by atoms with Gasteiger partial charge in [-0.1, -0.05) is 6.92 Å². The Morgan fingerprint density at radius 2 is 1.78 bits per heavy atom. The molecule has 98 valence electrons. The van der Waals surface area contributed by atoms with Crippen LogP contribution in [0, 0.1) is 0 Å². The van der Waals surface area contributed by atoms with Crippen LogP contribution in [0.5, 0.6) is 0 Å². The molecule has 1 N–H and O–H groups in total. The third-order valence-corrected chi connectivity index (χ3v) is 2.08. The van der Waals surface area contributed by atoms with Gasteiger partial charge in [-0.05, 0) is 37.6 Å². The molecule has 0 radical (unpaired) electrons. The molecule has 0 saturated carbocycles. The minimum absolute atomic E-state index is 0.313. The largest absolute Gasteiger partial charge is 0.462 e. The summed E-state index contributed by atoms with van der Waals surface area (Å²) in [6.45, 7) is 4.38. The first-order valence-corrected chi connectivity index (χ1v) is 5.88. The second-order valence-corrected chi connectivity index (χ2v) is 3.56. The van der Waals surface area contributed by atoms with Gasteiger partial charge < -0.3 is 9.47 Å². The summed E-state index contributed by atoms with van der Waals surface area (Å²) in [7, 11) is 0. The van der Waals surface area contributed by atoms with Gasteiger partial charge >= 0.3 is 12.1 Å². The number of esters is 1. The normalized spacial score (nSPS) is 9.67. The second kappa shape index (κ2) is 7.32. The molecule has 0 aliphatic heterocycles. The van der Waals surface area contributed by atoms with Crippen LogP contribution in [-0.2, 0) is 9.47 Å². The first kappa shape index (κ1) is 14.0. The third-order valence-electron chi connectivity index (χ3n) is 2.08. The lowest BCUT2D eigenvalue weighted by molar-refractivity contribution is 0.0505. The summed E-state index contributed by atoms with van der Waals surface area (Å²) in [5, 5.41) is 2.54. The molecule has 0 saturated heterocycles. The molecule has 1 aromatic carbocycles. The van der Waals surface area contributed by atoms with Gasteiger partial charge in [-0.15, -0.1) is 0 Å². The van der Waals surface area contributed by atoms with Gasteiger partial charge in [0.25, 0.3) is 0 Å². The number of ether oxygens (including phenoxy) is 2. The standard InChI is InChI=1S/C13H17NO4/c1-3-9-18-12(15)10-5-7-11(8-6-10)14-13(16)17-4-2/h5-8H,3-4,9H2,1-2H3,(H,14,16). The smallest absolute Gasteiger partial charge is 0.411 e. The van der Waals surface area contributed by atoms with Gasteiger partial charge in [0.1, 0.15) is 0 Å². The van der Waals surface area contributed by atoms with E-state index < -0.39 is 6.09 Å². The fraction of sp³-hybridized carbons (Fsp3) is 0.385. The van der Waals surface area contributed by atoms with E-state index in [4.69, 9.17) is 9.47 Å². The summed E-state index contributed by atoms with van der Waals surface area (Å²) in [5.74, 6) is -0.362. The molecule has 0 bridgehead atoms. The first-order valence-electron chi connectivity index (χ1n) is 5.88. The van der Waals surface area contributed by atoms with E-state index in [0.717, 1.165) is 6.42 Å². The zero-order valence-electron chi connectivity index (χ0n) is 10.6. The van der Waals surface area contributed by atoms with Gasteiger partial charge in [0.05, 0.1) is 18.8 Å². The quantitative estimate of drug-likeness (QED) is 0.817. The maximum Gasteiger partial charge on any atom is 0.411 e. The minimum Gasteiger partial charge on any atom is -0.462 e. The van der Waals surface area contributed by atoms with Crippen LogP contribution in [0.25, 0.3) is 0 Å². The van der Waals surface area contributed by atoms with Crippen molar-refractivity contribution in [3.8, 4) is 0 Å². The van der Waals surface area contributed by atoms with E-state index in [2.05, 4.69) is 5.32 Å². The second-order valence-electron chi connectivity index (χ2n) is 3.56. The molecule has 0 spiro atoms. The van der Waals surface area contributed by atoms with Crippen LogP contribution in [0.1, 0.15) is 30.6 Å². The average molecular weight is 251 g/mol. The van der Waals surface area contributed by atoms with Gasteiger partial charge in [0.15, 0.2) is 0 Å². The molecule has 1 amide bonds. The summed E-state index contributed by atoms with van der Waals surface area (Å²) in [4.78, 5) is 22.7. The summed E-state index contributed by atoms with van der Waals surface area (Å²) in [6, 6.07) is 6.44. The highest BCUT2D eigenvalue weighted by molar-refractivity contribution is 5.91. The number of amides is 1. The maximum atomic E-state index is 11.5. The van der Waals surface area contributed by atoms with Crippen LogP contribution in [-0.4, -0.2) is 25.3 Å². The molecule has 0 aromatic heterocycles. The van der Waals surface area contributed by atoms with E-state index in [0.29, 0.717) is 24.5 Å². The zero-order valence-corrected chi connectivity index (χ0v) is 10.6. The number of carbonyl (C=O) groups is 2. The Hall–Kier alpha value is -2.04. The molecule has 0 aliphatic rings. The van der Waals surface area contributed by atoms with E-state index in [1.165, 1.54) is 0 Å². The molecule has 5 nitrogen and oxygen atoms in total. The molecular weight excluding hydrogens is 234 g/mol. The Morgan fingerprint density at radius 1 is 1.11 bits per heavy atom. The lowest BCUT2D eigenvalue weighted by Gasteiger charge is -2.06. The van der Waals surface area contributed by atoms with Crippen molar-refractivity contribution in [2.45, 2.75) is 20.3 Å². The predicted molar refractivity (Wildman–Crippen MR) is 67.7 cm³/mol. The third kappa shape index (κ3) is 4.45. The Bertz CT molecular complexity index is 400. The fourth-order valence-electron chi connectivity index (χ4n) is 1.25. The number of nitrogens with one attached hydrogen (secondary N) is 1. The molecule has 0 fully saturated rings. The molecular formula is C13H17NO4. The monoisotopic (exact) mass is 251 g/mol. The van der Waals surface area contributed by atoms with Crippen LogP contribution in [0.15, 0.2) is 24.3 Å². The number of carbonyl (C=O) groups excluding carboxylic acids is 2. The Kier molecular flexibility index (Phi) is 5.70. The van der Waals surface area contributed by atoms with Crippen molar-refractivity contribution in [2.75, 3.05) is 18.5 Å². The fourth-order valence-corrected chi connectivity index (χ4v) is 1.25. The van der Waals surface area contributed by atoms with Gasteiger partial charge in [-0.25, -0.2) is 9.59 Å². The number of benzene rings is 1. The van der Waals surface area contributed by atoms with Crippen molar-refractivity contribution in [3.05, 3.63) is 29.8 Å². The number of hydrogen-bond donors (Lipinski definition) is 1. The van der Waals surface area contributed by atoms with Crippen molar-refractivity contribution < 1.29 is 19.1 Å². The van der Waals surface area contributed by atoms with Crippen molar-refractivity contribution in [1.82, 2.24) is 0 Å². The molecule has 0 aliphatic carbocycles. The van der Waals surface area contributed by atoms with Crippen molar-refractivity contribution >= 4 is 17.7 Å². The van der Waals surface area contributed by atoms with Crippen LogP contribution < -0.4 is 5.32 Å². The Labute approximate surface area is 106 Å². The van der Waals surface area contributed by atoms with Gasteiger partial charge in [0.2, 0.25) is 0 Å². The number of rotatable bonds is 5. The lowest BCUT2D eigenvalue weighted by atomic mass is 10.2. The number of anilines is 1. The predicted octanol–water partition coefficient (Wildman–Crippen LogP) is 2.82. The van der Waals surface area contributed by atoms with Crippen LogP contribution in [0.2, 0.25) is 0 Å². The molecule has 5 heteroatoms. The van der Waals surface area contributed by atoms with E-state index in [9.17, 15) is 9.59 Å². The average Bonchev–Trinajstić information content (AvgIpc) is 2.37. The van der Waals surface area contributed by atoms with Crippen molar-refractivity contribution in [3.63, 3.8) is 0 Å². The highest BCUT2D eigenvalue weighted by Gasteiger charge is 2.07. The van der Waals surface area contributed by atoms with E-state index >= 15 is 0 Å². The highest BCUT2D eigenvalue weighted by atomic mass is 16.5. The zero-order chi connectivity index (χ0) is 13.4. The summed E-state index contributed by atoms with van der Waals surface area (Å²) in [5.41, 5.74) is 1.03. The van der Waals surface area contributed by atoms with Gasteiger partial charge in [-0.2, -0.15) is 0 Å². The molecule has 0 heterocycles. The number of hydrogen-bond acceptors (Lipinski definition) is 4. The Morgan fingerprint density at radius 3 is 2.33 bits per heavy atom. The van der Waals surface area contributed by atoms with E-state index in [1.807, 2.05) is 6.92 Å². The lowest BCUT2D eigenvalue weighted by Crippen LogP contribution is -2.13.